The van der Waals surface area contributed by atoms with Crippen molar-refractivity contribution in [3.05, 3.63) is 28.8 Å². The average molecular weight is 267 g/mol. The number of rotatable bonds is 8. The van der Waals surface area contributed by atoms with Gasteiger partial charge in [0.05, 0.1) is 13.7 Å². The van der Waals surface area contributed by atoms with Gasteiger partial charge in [-0.3, -0.25) is 4.90 Å². The number of aryl methyl sites for hydroxylation is 2. The van der Waals surface area contributed by atoms with E-state index in [0.717, 1.165) is 36.4 Å². The summed E-state index contributed by atoms with van der Waals surface area (Å²) >= 11 is 0. The minimum Gasteiger partial charge on any atom is -0.496 e. The van der Waals surface area contributed by atoms with Crippen molar-refractivity contribution in [1.29, 1.82) is 0 Å². The van der Waals surface area contributed by atoms with Crippen LogP contribution in [0.3, 0.4) is 0 Å². The molecule has 0 aliphatic rings. The van der Waals surface area contributed by atoms with Crippen LogP contribution in [-0.2, 0) is 6.54 Å². The zero-order chi connectivity index (χ0) is 14.3. The minimum atomic E-state index is 0.138. The van der Waals surface area contributed by atoms with Crippen LogP contribution in [0.15, 0.2) is 12.1 Å². The van der Waals surface area contributed by atoms with E-state index in [2.05, 4.69) is 17.0 Å². The number of aliphatic hydroxyl groups is 2. The van der Waals surface area contributed by atoms with Gasteiger partial charge in [-0.15, -0.1) is 0 Å². The largest absolute Gasteiger partial charge is 0.496 e. The van der Waals surface area contributed by atoms with Gasteiger partial charge in [0.15, 0.2) is 0 Å². The molecule has 0 bridgehead atoms. The maximum absolute atomic E-state index is 9.08. The Hall–Kier alpha value is -1.10. The Morgan fingerprint density at radius 2 is 1.68 bits per heavy atom. The third-order valence-electron chi connectivity index (χ3n) is 3.18. The summed E-state index contributed by atoms with van der Waals surface area (Å²) in [5, 5.41) is 18.0. The van der Waals surface area contributed by atoms with Crippen LogP contribution in [0.2, 0.25) is 0 Å². The van der Waals surface area contributed by atoms with E-state index in [0.29, 0.717) is 6.54 Å². The van der Waals surface area contributed by atoms with Crippen LogP contribution in [0.1, 0.15) is 23.1 Å². The van der Waals surface area contributed by atoms with Crippen LogP contribution in [0.4, 0.5) is 0 Å². The lowest BCUT2D eigenvalue weighted by Gasteiger charge is -2.22. The fourth-order valence-electron chi connectivity index (χ4n) is 2.42. The van der Waals surface area contributed by atoms with Gasteiger partial charge in [0.25, 0.3) is 0 Å². The van der Waals surface area contributed by atoms with Crippen LogP contribution in [0.25, 0.3) is 0 Å². The van der Waals surface area contributed by atoms with Crippen LogP contribution < -0.4 is 4.74 Å². The first-order valence-corrected chi connectivity index (χ1v) is 6.70. The number of ether oxygens (including phenoxy) is 1. The third-order valence-corrected chi connectivity index (χ3v) is 3.18. The molecule has 0 unspecified atom stereocenters. The van der Waals surface area contributed by atoms with Crippen LogP contribution in [-0.4, -0.2) is 48.5 Å². The summed E-state index contributed by atoms with van der Waals surface area (Å²) in [7, 11) is 1.69. The SMILES string of the molecule is COc1c(C)cc(CN(CCO)CCCO)cc1C. The van der Waals surface area contributed by atoms with Crippen LogP contribution >= 0.6 is 0 Å². The number of hydrogen-bond acceptors (Lipinski definition) is 4. The first-order chi connectivity index (χ1) is 9.12. The Balaban J connectivity index is 2.78. The number of nitrogens with zero attached hydrogens (tertiary/aromatic N) is 1. The van der Waals surface area contributed by atoms with E-state index in [1.807, 2.05) is 13.8 Å². The second-order valence-corrected chi connectivity index (χ2v) is 4.84. The summed E-state index contributed by atoms with van der Waals surface area (Å²) in [5.74, 6) is 0.938. The fraction of sp³-hybridized carbons (Fsp3) is 0.600. The lowest BCUT2D eigenvalue weighted by molar-refractivity contribution is 0.174. The van der Waals surface area contributed by atoms with Gasteiger partial charge < -0.3 is 14.9 Å². The topological polar surface area (TPSA) is 52.9 Å². The second-order valence-electron chi connectivity index (χ2n) is 4.84. The van der Waals surface area contributed by atoms with Gasteiger partial charge >= 0.3 is 0 Å². The number of hydrogen-bond donors (Lipinski definition) is 2. The van der Waals surface area contributed by atoms with E-state index in [-0.39, 0.29) is 13.2 Å². The standard InChI is InChI=1S/C15H25NO3/c1-12-9-14(10-13(2)15(12)19-3)11-16(6-8-18)5-4-7-17/h9-10,17-18H,4-8,11H2,1-3H3. The van der Waals surface area contributed by atoms with E-state index in [1.54, 1.807) is 7.11 Å². The Bertz CT molecular complexity index is 370. The van der Waals surface area contributed by atoms with Crippen molar-refractivity contribution in [3.8, 4) is 5.75 Å². The van der Waals surface area contributed by atoms with Crippen molar-refractivity contribution < 1.29 is 14.9 Å². The zero-order valence-corrected chi connectivity index (χ0v) is 12.1. The Morgan fingerprint density at radius 1 is 1.05 bits per heavy atom. The van der Waals surface area contributed by atoms with E-state index >= 15 is 0 Å². The van der Waals surface area contributed by atoms with Gasteiger partial charge in [0, 0.05) is 26.2 Å². The van der Waals surface area contributed by atoms with Crippen molar-refractivity contribution in [2.45, 2.75) is 26.8 Å². The lowest BCUT2D eigenvalue weighted by Crippen LogP contribution is -2.28. The molecule has 0 amide bonds. The first-order valence-electron chi connectivity index (χ1n) is 6.70. The molecule has 4 nitrogen and oxygen atoms in total. The predicted molar refractivity (Wildman–Crippen MR) is 76.5 cm³/mol. The lowest BCUT2D eigenvalue weighted by atomic mass is 10.1. The molecule has 0 aliphatic carbocycles. The quantitative estimate of drug-likeness (QED) is 0.749. The molecule has 0 saturated carbocycles. The highest BCUT2D eigenvalue weighted by Crippen LogP contribution is 2.24. The third kappa shape index (κ3) is 4.82. The predicted octanol–water partition coefficient (Wildman–Crippen LogP) is 1.49. The summed E-state index contributed by atoms with van der Waals surface area (Å²) in [5.41, 5.74) is 3.47. The van der Waals surface area contributed by atoms with Crippen molar-refractivity contribution in [3.63, 3.8) is 0 Å². The fourth-order valence-corrected chi connectivity index (χ4v) is 2.42. The normalized spacial score (nSPS) is 11.1. The molecule has 1 rings (SSSR count). The van der Waals surface area contributed by atoms with E-state index in [4.69, 9.17) is 14.9 Å². The molecule has 1 aromatic rings. The molecular weight excluding hydrogens is 242 g/mol. The molecule has 0 atom stereocenters. The van der Waals surface area contributed by atoms with Gasteiger partial charge in [-0.25, -0.2) is 0 Å². The molecule has 108 valence electrons. The molecule has 0 aromatic heterocycles. The highest BCUT2D eigenvalue weighted by molar-refractivity contribution is 5.43. The Kier molecular flexibility index (Phi) is 6.84. The number of benzene rings is 1. The van der Waals surface area contributed by atoms with Crippen molar-refractivity contribution in [2.75, 3.05) is 33.4 Å². The Labute approximate surface area is 115 Å². The first kappa shape index (κ1) is 16.0. The second kappa shape index (κ2) is 8.15. The summed E-state index contributed by atoms with van der Waals surface area (Å²) in [6.45, 7) is 6.61. The maximum Gasteiger partial charge on any atom is 0.124 e. The molecule has 2 N–H and O–H groups in total. The average Bonchev–Trinajstić information content (AvgIpc) is 2.36. The van der Waals surface area contributed by atoms with Gasteiger partial charge in [0.1, 0.15) is 5.75 Å². The molecule has 19 heavy (non-hydrogen) atoms. The van der Waals surface area contributed by atoms with E-state index in [9.17, 15) is 0 Å². The molecule has 1 aromatic carbocycles. The summed E-state index contributed by atoms with van der Waals surface area (Å²) in [6, 6.07) is 4.24. The van der Waals surface area contributed by atoms with Crippen molar-refractivity contribution >= 4 is 0 Å². The monoisotopic (exact) mass is 267 g/mol. The van der Waals surface area contributed by atoms with Gasteiger partial charge in [-0.1, -0.05) is 12.1 Å². The Morgan fingerprint density at radius 3 is 2.16 bits per heavy atom. The van der Waals surface area contributed by atoms with E-state index < -0.39 is 0 Å². The molecule has 0 aliphatic heterocycles. The van der Waals surface area contributed by atoms with Crippen LogP contribution in [0, 0.1) is 13.8 Å². The molecule has 0 heterocycles. The molecule has 0 spiro atoms. The van der Waals surface area contributed by atoms with Crippen molar-refractivity contribution in [1.82, 2.24) is 4.90 Å². The molecule has 0 radical (unpaired) electrons. The molecular formula is C15H25NO3. The highest BCUT2D eigenvalue weighted by atomic mass is 16.5. The smallest absolute Gasteiger partial charge is 0.124 e. The summed E-state index contributed by atoms with van der Waals surface area (Å²) < 4.78 is 5.36. The highest BCUT2D eigenvalue weighted by Gasteiger charge is 2.09. The molecule has 0 saturated heterocycles. The minimum absolute atomic E-state index is 0.138. The van der Waals surface area contributed by atoms with Gasteiger partial charge in [-0.05, 0) is 37.0 Å². The molecule has 4 heteroatoms. The zero-order valence-electron chi connectivity index (χ0n) is 12.1. The maximum atomic E-state index is 9.08. The van der Waals surface area contributed by atoms with Gasteiger partial charge in [-0.2, -0.15) is 0 Å². The van der Waals surface area contributed by atoms with E-state index in [1.165, 1.54) is 5.56 Å². The summed E-state index contributed by atoms with van der Waals surface area (Å²) in [4.78, 5) is 2.15. The van der Waals surface area contributed by atoms with Crippen molar-refractivity contribution in [2.24, 2.45) is 0 Å². The summed E-state index contributed by atoms with van der Waals surface area (Å²) in [6.07, 6.45) is 0.730. The van der Waals surface area contributed by atoms with Gasteiger partial charge in [0.2, 0.25) is 0 Å². The molecule has 0 fully saturated rings. The number of aliphatic hydroxyl groups excluding tert-OH is 2. The van der Waals surface area contributed by atoms with Crippen LogP contribution in [0.5, 0.6) is 5.75 Å². The number of methoxy groups -OCH3 is 1.